The zero-order valence-corrected chi connectivity index (χ0v) is 10.8. The monoisotopic (exact) mass is 267 g/mol. The predicted molar refractivity (Wildman–Crippen MR) is 75.3 cm³/mol. The molecule has 0 saturated heterocycles. The topological polar surface area (TPSA) is 89.7 Å². The van der Waals surface area contributed by atoms with Crippen molar-refractivity contribution in [2.24, 2.45) is 0 Å². The number of ether oxygens (including phenoxy) is 1. The maximum atomic E-state index is 5.84. The minimum absolute atomic E-state index is 0.216. The molecule has 0 saturated carbocycles. The molecule has 0 unspecified atom stereocenters. The van der Waals surface area contributed by atoms with Gasteiger partial charge in [-0.1, -0.05) is 12.1 Å². The van der Waals surface area contributed by atoms with E-state index in [-0.39, 0.29) is 5.95 Å². The number of aromatic amines is 1. The van der Waals surface area contributed by atoms with Crippen LogP contribution in [0.1, 0.15) is 12.0 Å². The standard InChI is InChI=1S/C14H13N5O/c15-14-18-10(11-13(19-14)17-7-16-11)9-5-1-3-8-4-2-6-20-12(8)9/h1,3,5,7H,2,4,6H2,(H3,15,16,17,18,19). The molecule has 3 N–H and O–H groups in total. The molecule has 0 bridgehead atoms. The highest BCUT2D eigenvalue weighted by Gasteiger charge is 2.19. The van der Waals surface area contributed by atoms with E-state index >= 15 is 0 Å². The lowest BCUT2D eigenvalue weighted by atomic mass is 10.00. The lowest BCUT2D eigenvalue weighted by molar-refractivity contribution is 0.289. The summed E-state index contributed by atoms with van der Waals surface area (Å²) in [5.74, 6) is 1.11. The van der Waals surface area contributed by atoms with Crippen LogP contribution in [-0.4, -0.2) is 26.5 Å². The van der Waals surface area contributed by atoms with Gasteiger partial charge < -0.3 is 15.5 Å². The molecule has 0 spiro atoms. The highest BCUT2D eigenvalue weighted by Crippen LogP contribution is 2.37. The average molecular weight is 267 g/mol. The van der Waals surface area contributed by atoms with Crippen LogP contribution < -0.4 is 10.5 Å². The normalized spacial score (nSPS) is 14.0. The van der Waals surface area contributed by atoms with E-state index in [2.05, 4.69) is 26.0 Å². The number of imidazole rings is 1. The first-order chi connectivity index (χ1) is 9.83. The van der Waals surface area contributed by atoms with E-state index in [1.807, 2.05) is 12.1 Å². The molecule has 6 nitrogen and oxygen atoms in total. The number of fused-ring (bicyclic) bond motifs is 2. The molecule has 3 heterocycles. The van der Waals surface area contributed by atoms with Crippen LogP contribution in [-0.2, 0) is 6.42 Å². The zero-order chi connectivity index (χ0) is 13.5. The first-order valence-electron chi connectivity index (χ1n) is 6.54. The van der Waals surface area contributed by atoms with Gasteiger partial charge in [0.1, 0.15) is 17.0 Å². The van der Waals surface area contributed by atoms with E-state index in [1.54, 1.807) is 6.33 Å². The summed E-state index contributed by atoms with van der Waals surface area (Å²) < 4.78 is 5.84. The van der Waals surface area contributed by atoms with Crippen molar-refractivity contribution in [2.45, 2.75) is 12.8 Å². The van der Waals surface area contributed by atoms with Crippen molar-refractivity contribution in [3.8, 4) is 17.0 Å². The second-order valence-corrected chi connectivity index (χ2v) is 4.78. The zero-order valence-electron chi connectivity index (χ0n) is 10.8. The van der Waals surface area contributed by atoms with Gasteiger partial charge in [0.15, 0.2) is 5.65 Å². The predicted octanol–water partition coefficient (Wildman–Crippen LogP) is 1.93. The van der Waals surface area contributed by atoms with Crippen LogP contribution in [0.3, 0.4) is 0 Å². The van der Waals surface area contributed by atoms with Gasteiger partial charge in [0.2, 0.25) is 5.95 Å². The Morgan fingerprint density at radius 3 is 3.15 bits per heavy atom. The van der Waals surface area contributed by atoms with Gasteiger partial charge in [0, 0.05) is 5.56 Å². The minimum atomic E-state index is 0.216. The molecule has 100 valence electrons. The molecule has 1 aromatic carbocycles. The van der Waals surface area contributed by atoms with Crippen LogP contribution in [0.2, 0.25) is 0 Å². The van der Waals surface area contributed by atoms with Gasteiger partial charge in [-0.3, -0.25) is 0 Å². The molecule has 0 atom stereocenters. The molecule has 6 heteroatoms. The van der Waals surface area contributed by atoms with Gasteiger partial charge in [-0.2, -0.15) is 4.98 Å². The Balaban J connectivity index is 2.02. The fraction of sp³-hybridized carbons (Fsp3) is 0.214. The lowest BCUT2D eigenvalue weighted by Gasteiger charge is -2.20. The largest absolute Gasteiger partial charge is 0.493 e. The molecular weight excluding hydrogens is 254 g/mol. The maximum Gasteiger partial charge on any atom is 0.222 e. The van der Waals surface area contributed by atoms with Gasteiger partial charge in [0.05, 0.1) is 12.9 Å². The number of hydrogen-bond acceptors (Lipinski definition) is 5. The van der Waals surface area contributed by atoms with Crippen molar-refractivity contribution in [1.82, 2.24) is 19.9 Å². The summed E-state index contributed by atoms with van der Waals surface area (Å²) in [5, 5.41) is 0. The van der Waals surface area contributed by atoms with Crippen LogP contribution in [0.15, 0.2) is 24.5 Å². The number of rotatable bonds is 1. The van der Waals surface area contributed by atoms with Crippen LogP contribution in [0.5, 0.6) is 5.75 Å². The Bertz CT molecular complexity index is 795. The van der Waals surface area contributed by atoms with Crippen LogP contribution >= 0.6 is 0 Å². The number of nitrogens with one attached hydrogen (secondary N) is 1. The highest BCUT2D eigenvalue weighted by atomic mass is 16.5. The molecule has 20 heavy (non-hydrogen) atoms. The lowest BCUT2D eigenvalue weighted by Crippen LogP contribution is -2.10. The second kappa shape index (κ2) is 4.19. The quantitative estimate of drug-likeness (QED) is 0.703. The second-order valence-electron chi connectivity index (χ2n) is 4.78. The third-order valence-electron chi connectivity index (χ3n) is 3.49. The number of nitrogens with zero attached hydrogens (tertiary/aromatic N) is 3. The van der Waals surface area contributed by atoms with Crippen molar-refractivity contribution in [1.29, 1.82) is 0 Å². The number of nitrogens with two attached hydrogens (primary N) is 1. The van der Waals surface area contributed by atoms with Crippen molar-refractivity contribution >= 4 is 17.1 Å². The fourth-order valence-electron chi connectivity index (χ4n) is 2.62. The van der Waals surface area contributed by atoms with Gasteiger partial charge in [0.25, 0.3) is 0 Å². The van der Waals surface area contributed by atoms with Crippen molar-refractivity contribution < 1.29 is 4.74 Å². The van der Waals surface area contributed by atoms with E-state index in [9.17, 15) is 0 Å². The summed E-state index contributed by atoms with van der Waals surface area (Å²) in [6.45, 7) is 0.733. The van der Waals surface area contributed by atoms with Crippen LogP contribution in [0, 0.1) is 0 Å². The van der Waals surface area contributed by atoms with Crippen LogP contribution in [0.4, 0.5) is 5.95 Å². The third kappa shape index (κ3) is 1.61. The molecule has 2 aromatic heterocycles. The number of H-pyrrole nitrogens is 1. The Morgan fingerprint density at radius 1 is 1.25 bits per heavy atom. The first-order valence-corrected chi connectivity index (χ1v) is 6.54. The molecule has 3 aromatic rings. The summed E-state index contributed by atoms with van der Waals surface area (Å²) in [7, 11) is 0. The third-order valence-corrected chi connectivity index (χ3v) is 3.49. The Labute approximate surface area is 115 Å². The van der Waals surface area contributed by atoms with Gasteiger partial charge >= 0.3 is 0 Å². The minimum Gasteiger partial charge on any atom is -0.493 e. The van der Waals surface area contributed by atoms with E-state index in [4.69, 9.17) is 10.5 Å². The van der Waals surface area contributed by atoms with Gasteiger partial charge in [-0.15, -0.1) is 0 Å². The van der Waals surface area contributed by atoms with E-state index in [0.717, 1.165) is 42.0 Å². The molecule has 0 aliphatic carbocycles. The smallest absolute Gasteiger partial charge is 0.222 e. The maximum absolute atomic E-state index is 5.84. The van der Waals surface area contributed by atoms with Crippen molar-refractivity contribution in [3.05, 3.63) is 30.1 Å². The summed E-state index contributed by atoms with van der Waals surface area (Å²) in [4.78, 5) is 15.7. The molecule has 4 rings (SSSR count). The highest BCUT2D eigenvalue weighted by molar-refractivity contribution is 5.90. The number of aromatic nitrogens is 4. The van der Waals surface area contributed by atoms with Gasteiger partial charge in [-0.25, -0.2) is 9.97 Å². The molecule has 0 amide bonds. The Hall–Kier alpha value is -2.63. The Kier molecular flexibility index (Phi) is 2.35. The SMILES string of the molecule is Nc1nc(-c2cccc3c2OCCC3)c2[nH]cnc2n1. The fourth-order valence-corrected chi connectivity index (χ4v) is 2.62. The first kappa shape index (κ1) is 11.2. The molecule has 1 aliphatic heterocycles. The molecule has 1 aliphatic rings. The van der Waals surface area contributed by atoms with E-state index in [0.29, 0.717) is 5.65 Å². The summed E-state index contributed by atoms with van der Waals surface area (Å²) in [5.41, 5.74) is 10.0. The molecule has 0 radical (unpaired) electrons. The van der Waals surface area contributed by atoms with E-state index in [1.165, 1.54) is 5.56 Å². The van der Waals surface area contributed by atoms with Gasteiger partial charge in [-0.05, 0) is 24.5 Å². The summed E-state index contributed by atoms with van der Waals surface area (Å²) >= 11 is 0. The Morgan fingerprint density at radius 2 is 2.20 bits per heavy atom. The van der Waals surface area contributed by atoms with Crippen molar-refractivity contribution in [3.63, 3.8) is 0 Å². The number of nitrogen functional groups attached to an aromatic ring is 1. The summed E-state index contributed by atoms with van der Waals surface area (Å²) in [6.07, 6.45) is 3.66. The number of para-hydroxylation sites is 1. The number of benzene rings is 1. The number of hydrogen-bond donors (Lipinski definition) is 2. The van der Waals surface area contributed by atoms with Crippen molar-refractivity contribution in [2.75, 3.05) is 12.3 Å². The summed E-state index contributed by atoms with van der Waals surface area (Å²) in [6, 6.07) is 6.10. The average Bonchev–Trinajstić information content (AvgIpc) is 2.94. The number of aryl methyl sites for hydroxylation is 1. The van der Waals surface area contributed by atoms with Crippen LogP contribution in [0.25, 0.3) is 22.4 Å². The molecule has 0 fully saturated rings. The van der Waals surface area contributed by atoms with E-state index < -0.39 is 0 Å². The number of anilines is 1. The molecular formula is C14H13N5O.